The molecule has 1 fully saturated rings. The first kappa shape index (κ1) is 19.1. The summed E-state index contributed by atoms with van der Waals surface area (Å²) in [6, 6.07) is 9.76. The van der Waals surface area contributed by atoms with Gasteiger partial charge < -0.3 is 14.1 Å². The van der Waals surface area contributed by atoms with Crippen molar-refractivity contribution >= 4 is 5.91 Å². The highest BCUT2D eigenvalue weighted by Crippen LogP contribution is 2.28. The molecule has 0 aliphatic carbocycles. The largest absolute Gasteiger partial charge is 0.481 e. The monoisotopic (exact) mass is 395 g/mol. The Bertz CT molecular complexity index is 970. The van der Waals surface area contributed by atoms with Crippen LogP contribution < -0.4 is 4.74 Å². The minimum atomic E-state index is -0.258. The molecule has 0 saturated carbocycles. The molecule has 6 nitrogen and oxygen atoms in total. The van der Waals surface area contributed by atoms with Gasteiger partial charge in [-0.15, -0.1) is 0 Å². The number of amides is 1. The lowest BCUT2D eigenvalue weighted by Crippen LogP contribution is -2.39. The molecule has 0 unspecified atom stereocenters. The van der Waals surface area contributed by atoms with E-state index in [0.717, 1.165) is 24.2 Å². The van der Waals surface area contributed by atoms with Crippen LogP contribution in [-0.4, -0.2) is 41.0 Å². The Kier molecular flexibility index (Phi) is 5.55. The molecule has 2 aromatic heterocycles. The second-order valence-electron chi connectivity index (χ2n) is 7.15. The van der Waals surface area contributed by atoms with Crippen molar-refractivity contribution < 1.29 is 18.3 Å². The molecule has 1 saturated heterocycles. The summed E-state index contributed by atoms with van der Waals surface area (Å²) < 4.78 is 24.1. The molecule has 0 radical (unpaired) electrons. The molecule has 1 aromatic carbocycles. The van der Waals surface area contributed by atoms with Crippen LogP contribution in [0.4, 0.5) is 4.39 Å². The Labute approximate surface area is 168 Å². The summed E-state index contributed by atoms with van der Waals surface area (Å²) in [6.45, 7) is 1.26. The number of carbonyl (C=O) groups is 1. The number of rotatable bonds is 5. The quantitative estimate of drug-likeness (QED) is 0.657. The fourth-order valence-electron chi connectivity index (χ4n) is 3.57. The van der Waals surface area contributed by atoms with E-state index in [9.17, 15) is 9.18 Å². The molecule has 1 amide bonds. The van der Waals surface area contributed by atoms with Gasteiger partial charge in [-0.2, -0.15) is 0 Å². The molecule has 0 spiro atoms. The van der Waals surface area contributed by atoms with Gasteiger partial charge in [0.2, 0.25) is 5.88 Å². The van der Waals surface area contributed by atoms with Crippen molar-refractivity contribution in [3.05, 3.63) is 77.4 Å². The Balaban J connectivity index is 1.42. The summed E-state index contributed by atoms with van der Waals surface area (Å²) in [5.74, 6) is 1.60. The number of carbonyl (C=O) groups excluding carboxylic acids is 1. The molecule has 4 rings (SSSR count). The van der Waals surface area contributed by atoms with Crippen LogP contribution in [0.1, 0.15) is 46.3 Å². The highest BCUT2D eigenvalue weighted by molar-refractivity contribution is 5.94. The molecular weight excluding hydrogens is 373 g/mol. The number of hydrogen-bond donors (Lipinski definition) is 0. The number of hydrogen-bond acceptors (Lipinski definition) is 5. The summed E-state index contributed by atoms with van der Waals surface area (Å²) in [5.41, 5.74) is 1.50. The number of methoxy groups -OCH3 is 1. The Morgan fingerprint density at radius 1 is 1.21 bits per heavy atom. The maximum atomic E-state index is 13.1. The SMILES string of the molecule is COc1ccc(C(=O)N2CCC[C@H](c3ncc(Cc4ccc(F)cc4)o3)C2)cn1. The second kappa shape index (κ2) is 8.43. The number of benzene rings is 1. The third-order valence-corrected chi connectivity index (χ3v) is 5.11. The Hall–Kier alpha value is -3.22. The van der Waals surface area contributed by atoms with Gasteiger partial charge in [0.1, 0.15) is 11.6 Å². The van der Waals surface area contributed by atoms with Crippen LogP contribution in [0.25, 0.3) is 0 Å². The minimum Gasteiger partial charge on any atom is -0.481 e. The number of piperidine rings is 1. The van der Waals surface area contributed by atoms with E-state index in [-0.39, 0.29) is 17.6 Å². The van der Waals surface area contributed by atoms with Crippen LogP contribution in [0.15, 0.2) is 53.2 Å². The third-order valence-electron chi connectivity index (χ3n) is 5.11. The van der Waals surface area contributed by atoms with Crippen LogP contribution in [0.5, 0.6) is 5.88 Å². The highest BCUT2D eigenvalue weighted by atomic mass is 19.1. The van der Waals surface area contributed by atoms with E-state index in [0.29, 0.717) is 36.8 Å². The maximum Gasteiger partial charge on any atom is 0.255 e. The summed E-state index contributed by atoms with van der Waals surface area (Å²) >= 11 is 0. The normalized spacial score (nSPS) is 16.6. The van der Waals surface area contributed by atoms with Crippen LogP contribution in [0.2, 0.25) is 0 Å². The maximum absolute atomic E-state index is 13.1. The first-order valence-corrected chi connectivity index (χ1v) is 9.61. The highest BCUT2D eigenvalue weighted by Gasteiger charge is 2.28. The average molecular weight is 395 g/mol. The number of aromatic nitrogens is 2. The van der Waals surface area contributed by atoms with Gasteiger partial charge in [-0.05, 0) is 36.6 Å². The van der Waals surface area contributed by atoms with Gasteiger partial charge in [-0.3, -0.25) is 4.79 Å². The number of pyridine rings is 1. The number of likely N-dealkylation sites (tertiary alicyclic amines) is 1. The van der Waals surface area contributed by atoms with E-state index in [4.69, 9.17) is 9.15 Å². The molecule has 0 bridgehead atoms. The fraction of sp³-hybridized carbons (Fsp3) is 0.318. The van der Waals surface area contributed by atoms with Crippen molar-refractivity contribution in [2.75, 3.05) is 20.2 Å². The first-order valence-electron chi connectivity index (χ1n) is 9.61. The summed E-state index contributed by atoms with van der Waals surface area (Å²) in [4.78, 5) is 23.2. The van der Waals surface area contributed by atoms with Gasteiger partial charge in [0, 0.05) is 31.8 Å². The summed E-state index contributed by atoms with van der Waals surface area (Å²) in [7, 11) is 1.54. The van der Waals surface area contributed by atoms with Crippen LogP contribution in [-0.2, 0) is 6.42 Å². The van der Waals surface area contributed by atoms with E-state index < -0.39 is 0 Å². The van der Waals surface area contributed by atoms with Crippen molar-refractivity contribution in [3.8, 4) is 5.88 Å². The van der Waals surface area contributed by atoms with Crippen molar-refractivity contribution in [1.82, 2.24) is 14.9 Å². The van der Waals surface area contributed by atoms with Crippen LogP contribution in [0, 0.1) is 5.82 Å². The predicted molar refractivity (Wildman–Crippen MR) is 104 cm³/mol. The number of nitrogens with zero attached hydrogens (tertiary/aromatic N) is 3. The molecule has 1 aliphatic heterocycles. The molecule has 7 heteroatoms. The summed E-state index contributed by atoms with van der Waals surface area (Å²) in [6.07, 6.45) is 5.61. The van der Waals surface area contributed by atoms with Crippen molar-refractivity contribution in [1.29, 1.82) is 0 Å². The Morgan fingerprint density at radius 2 is 2.03 bits per heavy atom. The molecular formula is C22H22FN3O3. The first-order chi connectivity index (χ1) is 14.1. The van der Waals surface area contributed by atoms with Crippen molar-refractivity contribution in [3.63, 3.8) is 0 Å². The molecule has 3 aromatic rings. The van der Waals surface area contributed by atoms with Crippen LogP contribution >= 0.6 is 0 Å². The lowest BCUT2D eigenvalue weighted by molar-refractivity contribution is 0.0697. The van der Waals surface area contributed by atoms with Gasteiger partial charge in [-0.25, -0.2) is 14.4 Å². The lowest BCUT2D eigenvalue weighted by Gasteiger charge is -2.31. The molecule has 0 N–H and O–H groups in total. The lowest BCUT2D eigenvalue weighted by atomic mass is 9.97. The van der Waals surface area contributed by atoms with E-state index in [1.807, 2.05) is 4.90 Å². The molecule has 1 atom stereocenters. The van der Waals surface area contributed by atoms with E-state index >= 15 is 0 Å². The van der Waals surface area contributed by atoms with Crippen LogP contribution in [0.3, 0.4) is 0 Å². The average Bonchev–Trinajstić information content (AvgIpc) is 3.23. The molecule has 29 heavy (non-hydrogen) atoms. The zero-order chi connectivity index (χ0) is 20.2. The van der Waals surface area contributed by atoms with Gasteiger partial charge in [0.05, 0.1) is 24.8 Å². The van der Waals surface area contributed by atoms with E-state index in [1.54, 1.807) is 37.6 Å². The topological polar surface area (TPSA) is 68.5 Å². The van der Waals surface area contributed by atoms with E-state index in [1.165, 1.54) is 18.3 Å². The zero-order valence-electron chi connectivity index (χ0n) is 16.2. The minimum absolute atomic E-state index is 0.0528. The van der Waals surface area contributed by atoms with E-state index in [2.05, 4.69) is 9.97 Å². The number of oxazole rings is 1. The van der Waals surface area contributed by atoms with Crippen molar-refractivity contribution in [2.45, 2.75) is 25.2 Å². The standard InChI is InChI=1S/C22H22FN3O3/c1-28-20-9-6-16(12-24-20)22(27)26-10-2-3-17(14-26)21-25-13-19(29-21)11-15-4-7-18(23)8-5-15/h4-9,12-13,17H,2-3,10-11,14H2,1H3/t17-/m0/s1. The predicted octanol–water partition coefficient (Wildman–Crippen LogP) is 3.83. The number of ether oxygens (including phenoxy) is 1. The second-order valence-corrected chi connectivity index (χ2v) is 7.15. The van der Waals surface area contributed by atoms with Gasteiger partial charge in [0.15, 0.2) is 5.89 Å². The fourth-order valence-corrected chi connectivity index (χ4v) is 3.57. The smallest absolute Gasteiger partial charge is 0.255 e. The van der Waals surface area contributed by atoms with Gasteiger partial charge in [0.25, 0.3) is 5.91 Å². The molecule has 150 valence electrons. The van der Waals surface area contributed by atoms with Gasteiger partial charge >= 0.3 is 0 Å². The molecule has 3 heterocycles. The summed E-state index contributed by atoms with van der Waals surface area (Å²) in [5, 5.41) is 0. The van der Waals surface area contributed by atoms with Gasteiger partial charge in [-0.1, -0.05) is 12.1 Å². The zero-order valence-corrected chi connectivity index (χ0v) is 16.2. The molecule has 1 aliphatic rings. The third kappa shape index (κ3) is 4.45. The van der Waals surface area contributed by atoms with Crippen molar-refractivity contribution in [2.24, 2.45) is 0 Å². The Morgan fingerprint density at radius 3 is 2.76 bits per heavy atom. The number of halogens is 1.